The summed E-state index contributed by atoms with van der Waals surface area (Å²) in [4.78, 5) is 4.54. The summed E-state index contributed by atoms with van der Waals surface area (Å²) in [5.74, 6) is 1.43. The molecule has 0 aliphatic rings. The van der Waals surface area contributed by atoms with Crippen LogP contribution in [0.2, 0.25) is 0 Å². The molecular formula is C15H13BrN4. The molecule has 3 rings (SSSR count). The molecule has 0 bridgehead atoms. The van der Waals surface area contributed by atoms with E-state index in [2.05, 4.69) is 31.1 Å². The van der Waals surface area contributed by atoms with Crippen LogP contribution in [0, 0.1) is 0 Å². The van der Waals surface area contributed by atoms with Crippen LogP contribution in [0.5, 0.6) is 0 Å². The summed E-state index contributed by atoms with van der Waals surface area (Å²) >= 11 is 3.52. The van der Waals surface area contributed by atoms with Crippen molar-refractivity contribution in [2.45, 2.75) is 6.54 Å². The Morgan fingerprint density at radius 1 is 1.05 bits per heavy atom. The van der Waals surface area contributed by atoms with Crippen molar-refractivity contribution in [3.05, 3.63) is 58.6 Å². The van der Waals surface area contributed by atoms with Gasteiger partial charge in [0.1, 0.15) is 0 Å². The van der Waals surface area contributed by atoms with E-state index in [1.54, 1.807) is 0 Å². The summed E-state index contributed by atoms with van der Waals surface area (Å²) in [7, 11) is 0. The third-order valence-corrected chi connectivity index (χ3v) is 3.75. The van der Waals surface area contributed by atoms with Gasteiger partial charge in [0.25, 0.3) is 0 Å². The van der Waals surface area contributed by atoms with Gasteiger partial charge in [-0.1, -0.05) is 58.4 Å². The number of aromatic nitrogens is 3. The monoisotopic (exact) mass is 328 g/mol. The van der Waals surface area contributed by atoms with Gasteiger partial charge in [0, 0.05) is 22.1 Å². The smallest absolute Gasteiger partial charge is 0.181 e. The molecule has 4 nitrogen and oxygen atoms in total. The standard InChI is InChI=1S/C15H13BrN4/c16-13-4-2-1-3-12(13)15-18-14(19-20-15)11-7-5-10(9-17)6-8-11/h1-8H,9,17H2,(H,18,19,20). The first-order chi connectivity index (χ1) is 9.78. The number of benzene rings is 2. The van der Waals surface area contributed by atoms with Crippen molar-refractivity contribution in [2.24, 2.45) is 5.73 Å². The van der Waals surface area contributed by atoms with E-state index < -0.39 is 0 Å². The molecule has 0 amide bonds. The van der Waals surface area contributed by atoms with E-state index >= 15 is 0 Å². The Bertz CT molecular complexity index is 719. The van der Waals surface area contributed by atoms with Crippen molar-refractivity contribution < 1.29 is 0 Å². The Balaban J connectivity index is 1.95. The number of rotatable bonds is 3. The van der Waals surface area contributed by atoms with E-state index in [-0.39, 0.29) is 0 Å². The third-order valence-electron chi connectivity index (χ3n) is 3.06. The molecule has 0 unspecified atom stereocenters. The molecule has 1 aromatic heterocycles. The lowest BCUT2D eigenvalue weighted by Gasteiger charge is -1.99. The van der Waals surface area contributed by atoms with Gasteiger partial charge in [0.05, 0.1) is 0 Å². The molecule has 3 aromatic rings. The van der Waals surface area contributed by atoms with E-state index in [1.165, 1.54) is 0 Å². The zero-order valence-corrected chi connectivity index (χ0v) is 12.3. The quantitative estimate of drug-likeness (QED) is 0.774. The fraction of sp³-hybridized carbons (Fsp3) is 0.0667. The Kier molecular flexibility index (Phi) is 3.62. The van der Waals surface area contributed by atoms with Crippen LogP contribution in [0.1, 0.15) is 5.56 Å². The molecule has 0 saturated carbocycles. The van der Waals surface area contributed by atoms with Crippen LogP contribution in [0.15, 0.2) is 53.0 Å². The normalized spacial score (nSPS) is 10.7. The third kappa shape index (κ3) is 2.50. The lowest BCUT2D eigenvalue weighted by molar-refractivity contribution is 1.07. The molecular weight excluding hydrogens is 316 g/mol. The molecule has 3 N–H and O–H groups in total. The Hall–Kier alpha value is -1.98. The molecule has 2 aromatic carbocycles. The highest BCUT2D eigenvalue weighted by molar-refractivity contribution is 9.10. The molecule has 0 aliphatic heterocycles. The van der Waals surface area contributed by atoms with Gasteiger partial charge in [-0.05, 0) is 11.6 Å². The zero-order chi connectivity index (χ0) is 13.9. The topological polar surface area (TPSA) is 67.6 Å². The first-order valence-electron chi connectivity index (χ1n) is 6.24. The lowest BCUT2D eigenvalue weighted by Crippen LogP contribution is -1.95. The van der Waals surface area contributed by atoms with Crippen LogP contribution in [-0.4, -0.2) is 15.2 Å². The van der Waals surface area contributed by atoms with E-state index in [0.29, 0.717) is 12.4 Å². The van der Waals surface area contributed by atoms with Gasteiger partial charge in [0.15, 0.2) is 11.6 Å². The Morgan fingerprint density at radius 2 is 1.80 bits per heavy atom. The zero-order valence-electron chi connectivity index (χ0n) is 10.7. The second-order valence-electron chi connectivity index (χ2n) is 4.39. The van der Waals surface area contributed by atoms with Gasteiger partial charge >= 0.3 is 0 Å². The van der Waals surface area contributed by atoms with Crippen molar-refractivity contribution in [1.82, 2.24) is 15.2 Å². The van der Waals surface area contributed by atoms with Crippen LogP contribution in [0.25, 0.3) is 22.8 Å². The predicted molar refractivity (Wildman–Crippen MR) is 82.8 cm³/mol. The van der Waals surface area contributed by atoms with Gasteiger partial charge < -0.3 is 5.73 Å². The minimum Gasteiger partial charge on any atom is -0.326 e. The highest BCUT2D eigenvalue weighted by Crippen LogP contribution is 2.26. The fourth-order valence-corrected chi connectivity index (χ4v) is 2.43. The molecule has 0 aliphatic carbocycles. The number of nitrogens with two attached hydrogens (primary N) is 1. The Labute approximate surface area is 125 Å². The van der Waals surface area contributed by atoms with E-state index in [0.717, 1.165) is 27.0 Å². The molecule has 20 heavy (non-hydrogen) atoms. The SMILES string of the molecule is NCc1ccc(-c2n[nH]c(-c3ccccc3Br)n2)cc1. The highest BCUT2D eigenvalue weighted by atomic mass is 79.9. The largest absolute Gasteiger partial charge is 0.326 e. The number of hydrogen-bond acceptors (Lipinski definition) is 3. The average molecular weight is 329 g/mol. The second-order valence-corrected chi connectivity index (χ2v) is 5.24. The van der Waals surface area contributed by atoms with Crippen LogP contribution in [0.4, 0.5) is 0 Å². The molecule has 5 heteroatoms. The van der Waals surface area contributed by atoms with Gasteiger partial charge in [-0.2, -0.15) is 5.10 Å². The molecule has 0 fully saturated rings. The van der Waals surface area contributed by atoms with Gasteiger partial charge in [0.2, 0.25) is 0 Å². The van der Waals surface area contributed by atoms with Crippen LogP contribution in [-0.2, 0) is 6.54 Å². The molecule has 1 heterocycles. The summed E-state index contributed by atoms with van der Waals surface area (Å²) < 4.78 is 0.987. The minimum absolute atomic E-state index is 0.538. The van der Waals surface area contributed by atoms with Crippen molar-refractivity contribution in [1.29, 1.82) is 0 Å². The number of halogens is 1. The first kappa shape index (κ1) is 13.0. The minimum atomic E-state index is 0.538. The molecule has 0 atom stereocenters. The summed E-state index contributed by atoms with van der Waals surface area (Å²) in [5, 5.41) is 7.25. The number of aromatic amines is 1. The van der Waals surface area contributed by atoms with Crippen LogP contribution >= 0.6 is 15.9 Å². The van der Waals surface area contributed by atoms with Crippen molar-refractivity contribution in [3.8, 4) is 22.8 Å². The van der Waals surface area contributed by atoms with Crippen molar-refractivity contribution in [2.75, 3.05) is 0 Å². The molecule has 0 radical (unpaired) electrons. The first-order valence-corrected chi connectivity index (χ1v) is 7.04. The summed E-state index contributed by atoms with van der Waals surface area (Å²) in [6.45, 7) is 0.538. The summed E-state index contributed by atoms with van der Waals surface area (Å²) in [6.07, 6.45) is 0. The number of H-pyrrole nitrogens is 1. The fourth-order valence-electron chi connectivity index (χ4n) is 1.95. The maximum Gasteiger partial charge on any atom is 0.181 e. The van der Waals surface area contributed by atoms with Gasteiger partial charge in [-0.25, -0.2) is 4.98 Å². The number of nitrogens with zero attached hydrogens (tertiary/aromatic N) is 2. The number of nitrogens with one attached hydrogen (secondary N) is 1. The van der Waals surface area contributed by atoms with Crippen LogP contribution < -0.4 is 5.73 Å². The Morgan fingerprint density at radius 3 is 2.50 bits per heavy atom. The van der Waals surface area contributed by atoms with Gasteiger partial charge in [-0.3, -0.25) is 5.10 Å². The molecule has 0 saturated heterocycles. The van der Waals surface area contributed by atoms with E-state index in [4.69, 9.17) is 5.73 Å². The highest BCUT2D eigenvalue weighted by Gasteiger charge is 2.09. The maximum absolute atomic E-state index is 5.59. The molecule has 0 spiro atoms. The average Bonchev–Trinajstić information content (AvgIpc) is 2.97. The summed E-state index contributed by atoms with van der Waals surface area (Å²) in [6, 6.07) is 15.9. The van der Waals surface area contributed by atoms with Gasteiger partial charge in [-0.15, -0.1) is 0 Å². The predicted octanol–water partition coefficient (Wildman–Crippen LogP) is 3.36. The van der Waals surface area contributed by atoms with Crippen molar-refractivity contribution >= 4 is 15.9 Å². The van der Waals surface area contributed by atoms with Crippen molar-refractivity contribution in [3.63, 3.8) is 0 Å². The summed E-state index contributed by atoms with van der Waals surface area (Å²) in [5.41, 5.74) is 8.65. The number of hydrogen-bond donors (Lipinski definition) is 2. The lowest BCUT2D eigenvalue weighted by atomic mass is 10.1. The molecule has 100 valence electrons. The second kappa shape index (κ2) is 5.56. The maximum atomic E-state index is 5.59. The van der Waals surface area contributed by atoms with Crippen LogP contribution in [0.3, 0.4) is 0 Å². The van der Waals surface area contributed by atoms with E-state index in [1.807, 2.05) is 48.5 Å². The van der Waals surface area contributed by atoms with E-state index in [9.17, 15) is 0 Å².